The molecule has 0 aliphatic carbocycles. The molecule has 1 heterocycles. The van der Waals surface area contributed by atoms with Crippen LogP contribution in [0.1, 0.15) is 5.56 Å². The molecule has 0 saturated heterocycles. The van der Waals surface area contributed by atoms with E-state index in [1.807, 2.05) is 54.6 Å². The summed E-state index contributed by atoms with van der Waals surface area (Å²) in [5, 5.41) is 22.3. The van der Waals surface area contributed by atoms with Crippen molar-refractivity contribution in [2.45, 2.75) is 17.4 Å². The van der Waals surface area contributed by atoms with Crippen LogP contribution in [0.15, 0.2) is 58.9 Å². The zero-order chi connectivity index (χ0) is 17.5. The maximum atomic E-state index is 10.0. The second-order valence-electron chi connectivity index (χ2n) is 5.45. The number of aromatic nitrogens is 2. The second kappa shape index (κ2) is 8.84. The largest absolute Gasteiger partial charge is 0.491 e. The first-order chi connectivity index (χ1) is 12.2. The van der Waals surface area contributed by atoms with E-state index in [1.165, 1.54) is 28.7 Å². The molecule has 0 fully saturated rings. The minimum Gasteiger partial charge on any atom is -0.491 e. The molecule has 7 heteroatoms. The SMILES string of the molecule is Cc1ccc(Nc2nnc(SC[C@H](O)COc3ccccc3)s2)cc1. The third-order valence-corrected chi connectivity index (χ3v) is 5.41. The molecule has 0 radical (unpaired) electrons. The summed E-state index contributed by atoms with van der Waals surface area (Å²) < 4.78 is 6.36. The van der Waals surface area contributed by atoms with Gasteiger partial charge in [0.1, 0.15) is 12.4 Å². The van der Waals surface area contributed by atoms with Gasteiger partial charge in [0.2, 0.25) is 5.13 Å². The molecule has 3 aromatic rings. The maximum Gasteiger partial charge on any atom is 0.210 e. The zero-order valence-electron chi connectivity index (χ0n) is 13.8. The summed E-state index contributed by atoms with van der Waals surface area (Å²) in [7, 11) is 0. The van der Waals surface area contributed by atoms with Gasteiger partial charge in [-0.15, -0.1) is 10.2 Å². The molecule has 0 aliphatic rings. The third kappa shape index (κ3) is 5.74. The average molecular weight is 374 g/mol. The first kappa shape index (κ1) is 17.7. The van der Waals surface area contributed by atoms with Crippen LogP contribution in [0.3, 0.4) is 0 Å². The van der Waals surface area contributed by atoms with Crippen LogP contribution in [-0.4, -0.2) is 33.8 Å². The predicted molar refractivity (Wildman–Crippen MR) is 103 cm³/mol. The molecule has 0 spiro atoms. The van der Waals surface area contributed by atoms with E-state index in [0.29, 0.717) is 5.75 Å². The summed E-state index contributed by atoms with van der Waals surface area (Å²) in [6, 6.07) is 17.6. The van der Waals surface area contributed by atoms with E-state index in [1.54, 1.807) is 0 Å². The number of hydrogen-bond donors (Lipinski definition) is 2. The lowest BCUT2D eigenvalue weighted by Gasteiger charge is -2.10. The predicted octanol–water partition coefficient (Wildman–Crippen LogP) is 4.12. The quantitative estimate of drug-likeness (QED) is 0.579. The Bertz CT molecular complexity index is 779. The molecular formula is C18H19N3O2S2. The smallest absolute Gasteiger partial charge is 0.210 e. The monoisotopic (exact) mass is 373 g/mol. The molecular weight excluding hydrogens is 354 g/mol. The highest BCUT2D eigenvalue weighted by Crippen LogP contribution is 2.28. The normalized spacial score (nSPS) is 11.9. The summed E-state index contributed by atoms with van der Waals surface area (Å²) >= 11 is 2.94. The van der Waals surface area contributed by atoms with Gasteiger partial charge in [0.15, 0.2) is 4.34 Å². The molecule has 1 atom stereocenters. The highest BCUT2D eigenvalue weighted by molar-refractivity contribution is 8.01. The van der Waals surface area contributed by atoms with Gasteiger partial charge in [-0.25, -0.2) is 0 Å². The number of hydrogen-bond acceptors (Lipinski definition) is 7. The van der Waals surface area contributed by atoms with Gasteiger partial charge in [-0.2, -0.15) is 0 Å². The lowest BCUT2D eigenvalue weighted by Crippen LogP contribution is -2.19. The van der Waals surface area contributed by atoms with Crippen LogP contribution in [0.5, 0.6) is 5.75 Å². The summed E-state index contributed by atoms with van der Waals surface area (Å²) in [5.74, 6) is 1.26. The summed E-state index contributed by atoms with van der Waals surface area (Å²) in [6.45, 7) is 2.31. The van der Waals surface area contributed by atoms with E-state index in [2.05, 4.69) is 22.4 Å². The number of rotatable bonds is 8. The fourth-order valence-corrected chi connectivity index (χ4v) is 3.71. The molecule has 0 unspecified atom stereocenters. The Morgan fingerprint density at radius 3 is 2.64 bits per heavy atom. The molecule has 3 rings (SSSR count). The summed E-state index contributed by atoms with van der Waals surface area (Å²) in [5.41, 5.74) is 2.19. The van der Waals surface area contributed by atoms with Crippen molar-refractivity contribution in [3.8, 4) is 5.75 Å². The lowest BCUT2D eigenvalue weighted by molar-refractivity contribution is 0.126. The minimum absolute atomic E-state index is 0.254. The lowest BCUT2D eigenvalue weighted by atomic mass is 10.2. The van der Waals surface area contributed by atoms with Crippen molar-refractivity contribution < 1.29 is 9.84 Å². The highest BCUT2D eigenvalue weighted by atomic mass is 32.2. The van der Waals surface area contributed by atoms with Crippen LogP contribution >= 0.6 is 23.1 Å². The van der Waals surface area contributed by atoms with Gasteiger partial charge in [0.05, 0.1) is 6.10 Å². The van der Waals surface area contributed by atoms with Crippen LogP contribution in [0.2, 0.25) is 0 Å². The maximum absolute atomic E-state index is 10.0. The Hall–Kier alpha value is -2.09. The first-order valence-electron chi connectivity index (χ1n) is 7.85. The Morgan fingerprint density at radius 2 is 1.88 bits per heavy atom. The molecule has 0 bridgehead atoms. The standard InChI is InChI=1S/C18H19N3O2S2/c1-13-7-9-14(10-8-13)19-17-20-21-18(25-17)24-12-15(22)11-23-16-5-3-2-4-6-16/h2-10,15,22H,11-12H2,1H3,(H,19,20)/t15-/m1/s1. The molecule has 1 aromatic heterocycles. The van der Waals surface area contributed by atoms with Crippen LogP contribution < -0.4 is 10.1 Å². The van der Waals surface area contributed by atoms with Crippen molar-refractivity contribution in [2.75, 3.05) is 17.7 Å². The van der Waals surface area contributed by atoms with Gasteiger partial charge < -0.3 is 15.2 Å². The fourth-order valence-electron chi connectivity index (χ4n) is 2.00. The van der Waals surface area contributed by atoms with E-state index in [0.717, 1.165) is 20.9 Å². The van der Waals surface area contributed by atoms with Gasteiger partial charge >= 0.3 is 0 Å². The molecule has 0 saturated carbocycles. The Kier molecular flexibility index (Phi) is 6.27. The van der Waals surface area contributed by atoms with Crippen molar-refractivity contribution in [2.24, 2.45) is 0 Å². The van der Waals surface area contributed by atoms with Crippen LogP contribution in [0.4, 0.5) is 10.8 Å². The van der Waals surface area contributed by atoms with Crippen LogP contribution in [-0.2, 0) is 0 Å². The third-order valence-electron chi connectivity index (χ3n) is 3.29. The van der Waals surface area contributed by atoms with Crippen LogP contribution in [0.25, 0.3) is 0 Å². The number of anilines is 2. The number of aliphatic hydroxyl groups excluding tert-OH is 1. The molecule has 2 aromatic carbocycles. The topological polar surface area (TPSA) is 67.3 Å². The van der Waals surface area contributed by atoms with Gasteiger partial charge in [-0.3, -0.25) is 0 Å². The first-order valence-corrected chi connectivity index (χ1v) is 9.65. The van der Waals surface area contributed by atoms with Crippen LogP contribution in [0, 0.1) is 6.92 Å². The van der Waals surface area contributed by atoms with E-state index in [9.17, 15) is 5.11 Å². The van der Waals surface area contributed by atoms with E-state index >= 15 is 0 Å². The van der Waals surface area contributed by atoms with Crippen molar-refractivity contribution in [1.29, 1.82) is 0 Å². The number of nitrogens with zero attached hydrogens (tertiary/aromatic N) is 2. The molecule has 25 heavy (non-hydrogen) atoms. The molecule has 0 amide bonds. The molecule has 0 aliphatic heterocycles. The number of benzene rings is 2. The Balaban J connectivity index is 1.44. The van der Waals surface area contributed by atoms with Gasteiger partial charge in [0, 0.05) is 11.4 Å². The van der Waals surface area contributed by atoms with Gasteiger partial charge in [-0.1, -0.05) is 59.0 Å². The molecule has 5 nitrogen and oxygen atoms in total. The summed E-state index contributed by atoms with van der Waals surface area (Å²) in [6.07, 6.45) is -0.567. The van der Waals surface area contributed by atoms with Gasteiger partial charge in [-0.05, 0) is 31.2 Å². The van der Waals surface area contributed by atoms with Crippen molar-refractivity contribution in [3.63, 3.8) is 0 Å². The molecule has 2 N–H and O–H groups in total. The van der Waals surface area contributed by atoms with E-state index in [-0.39, 0.29) is 6.61 Å². The average Bonchev–Trinajstić information content (AvgIpc) is 3.08. The molecule has 130 valence electrons. The number of para-hydroxylation sites is 1. The fraction of sp³-hybridized carbons (Fsp3) is 0.222. The number of aliphatic hydroxyl groups is 1. The van der Waals surface area contributed by atoms with Crippen molar-refractivity contribution >= 4 is 33.9 Å². The Morgan fingerprint density at radius 1 is 1.12 bits per heavy atom. The number of thioether (sulfide) groups is 1. The van der Waals surface area contributed by atoms with Crippen molar-refractivity contribution in [1.82, 2.24) is 10.2 Å². The van der Waals surface area contributed by atoms with E-state index < -0.39 is 6.10 Å². The zero-order valence-corrected chi connectivity index (χ0v) is 15.4. The summed E-state index contributed by atoms with van der Waals surface area (Å²) in [4.78, 5) is 0. The van der Waals surface area contributed by atoms with Gasteiger partial charge in [0.25, 0.3) is 0 Å². The number of aryl methyl sites for hydroxylation is 1. The minimum atomic E-state index is -0.567. The highest BCUT2D eigenvalue weighted by Gasteiger charge is 2.10. The number of ether oxygens (including phenoxy) is 1. The number of nitrogens with one attached hydrogen (secondary N) is 1. The second-order valence-corrected chi connectivity index (χ2v) is 7.70. The van der Waals surface area contributed by atoms with Crippen molar-refractivity contribution in [3.05, 3.63) is 60.2 Å². The Labute approximate surface area is 155 Å². The van der Waals surface area contributed by atoms with E-state index in [4.69, 9.17) is 4.74 Å².